The standard InChI is InChI=1S/C27H31N5O.ClH/c33-27-22-25(23-10-3-1-4-11-23)32(24-12-5-2-6-13-24)31(27)17-9-16-29-18-20-30(21-19-29)26-14-7-8-15-28-26;/h1-8,10-15,25H,9,16-22H2;1H. The van der Waals surface area contributed by atoms with Crippen molar-refractivity contribution in [3.63, 3.8) is 0 Å². The molecule has 1 amide bonds. The summed E-state index contributed by atoms with van der Waals surface area (Å²) < 4.78 is 0. The molecule has 2 aliphatic rings. The van der Waals surface area contributed by atoms with Crippen molar-refractivity contribution >= 4 is 29.8 Å². The highest BCUT2D eigenvalue weighted by Crippen LogP contribution is 2.37. The van der Waals surface area contributed by atoms with Gasteiger partial charge in [0.25, 0.3) is 0 Å². The SMILES string of the molecule is Cl.O=C1CC(c2ccccc2)N(c2ccccc2)N1CCCN1CCN(c2ccccn2)CC1. The van der Waals surface area contributed by atoms with Crippen LogP contribution in [0.25, 0.3) is 0 Å². The van der Waals surface area contributed by atoms with E-state index in [1.807, 2.05) is 47.6 Å². The molecule has 1 aromatic heterocycles. The molecule has 0 bridgehead atoms. The lowest BCUT2D eigenvalue weighted by molar-refractivity contribution is -0.128. The Morgan fingerprint density at radius 1 is 0.794 bits per heavy atom. The number of hydrogen-bond donors (Lipinski definition) is 0. The van der Waals surface area contributed by atoms with Gasteiger partial charge in [0.15, 0.2) is 0 Å². The van der Waals surface area contributed by atoms with E-state index >= 15 is 0 Å². The Hall–Kier alpha value is -3.09. The van der Waals surface area contributed by atoms with Gasteiger partial charge in [0.1, 0.15) is 5.82 Å². The van der Waals surface area contributed by atoms with Crippen molar-refractivity contribution in [2.24, 2.45) is 0 Å². The van der Waals surface area contributed by atoms with Crippen molar-refractivity contribution in [1.29, 1.82) is 0 Å². The molecular formula is C27H32ClN5O. The van der Waals surface area contributed by atoms with Crippen LogP contribution in [0.3, 0.4) is 0 Å². The van der Waals surface area contributed by atoms with Gasteiger partial charge in [0.2, 0.25) is 5.91 Å². The maximum Gasteiger partial charge on any atom is 0.243 e. The first-order valence-electron chi connectivity index (χ1n) is 11.9. The van der Waals surface area contributed by atoms with Crippen LogP contribution in [-0.2, 0) is 4.79 Å². The average molecular weight is 478 g/mol. The van der Waals surface area contributed by atoms with Crippen LogP contribution in [0, 0.1) is 0 Å². The third-order valence-corrected chi connectivity index (χ3v) is 6.61. The Balaban J connectivity index is 0.00000274. The van der Waals surface area contributed by atoms with Crippen LogP contribution in [-0.4, -0.2) is 60.1 Å². The predicted octanol–water partition coefficient (Wildman–Crippen LogP) is 4.41. The fourth-order valence-electron chi connectivity index (χ4n) is 4.90. The number of carbonyl (C=O) groups is 1. The fourth-order valence-corrected chi connectivity index (χ4v) is 4.90. The number of anilines is 2. The number of benzene rings is 2. The zero-order valence-electron chi connectivity index (χ0n) is 19.4. The van der Waals surface area contributed by atoms with Gasteiger partial charge >= 0.3 is 0 Å². The molecular weight excluding hydrogens is 446 g/mol. The molecule has 5 rings (SSSR count). The van der Waals surface area contributed by atoms with E-state index in [2.05, 4.69) is 62.3 Å². The third kappa shape index (κ3) is 5.34. The van der Waals surface area contributed by atoms with Gasteiger partial charge in [0, 0.05) is 45.5 Å². The van der Waals surface area contributed by atoms with Crippen molar-refractivity contribution < 1.29 is 4.79 Å². The van der Waals surface area contributed by atoms with E-state index in [1.54, 1.807) is 0 Å². The first kappa shape index (κ1) is 24.0. The topological polar surface area (TPSA) is 42.9 Å². The second kappa shape index (κ2) is 11.4. The third-order valence-electron chi connectivity index (χ3n) is 6.61. The summed E-state index contributed by atoms with van der Waals surface area (Å²) in [5, 5.41) is 4.17. The maximum atomic E-state index is 13.1. The fraction of sp³-hybridized carbons (Fsp3) is 0.333. The van der Waals surface area contributed by atoms with Crippen LogP contribution in [0.5, 0.6) is 0 Å². The van der Waals surface area contributed by atoms with E-state index in [0.717, 1.165) is 57.2 Å². The first-order chi connectivity index (χ1) is 16.3. The normalized spacial score (nSPS) is 18.8. The van der Waals surface area contributed by atoms with Gasteiger partial charge < -0.3 is 4.90 Å². The van der Waals surface area contributed by atoms with Gasteiger partial charge in [-0.3, -0.25) is 19.7 Å². The number of para-hydroxylation sites is 1. The molecule has 7 heteroatoms. The van der Waals surface area contributed by atoms with Crippen molar-refractivity contribution in [2.45, 2.75) is 18.9 Å². The predicted molar refractivity (Wildman–Crippen MR) is 139 cm³/mol. The lowest BCUT2D eigenvalue weighted by atomic mass is 10.0. The number of rotatable bonds is 7. The summed E-state index contributed by atoms with van der Waals surface area (Å²) in [6, 6.07) is 26.8. The van der Waals surface area contributed by atoms with Crippen molar-refractivity contribution in [3.8, 4) is 0 Å². The molecule has 0 radical (unpaired) electrons. The molecule has 2 fully saturated rings. The van der Waals surface area contributed by atoms with Crippen LogP contribution in [0.15, 0.2) is 85.1 Å². The Morgan fingerprint density at radius 2 is 1.47 bits per heavy atom. The summed E-state index contributed by atoms with van der Waals surface area (Å²) in [5.74, 6) is 1.26. The minimum absolute atomic E-state index is 0. The number of carbonyl (C=O) groups excluding carboxylic acids is 1. The van der Waals surface area contributed by atoms with Crippen molar-refractivity contribution in [1.82, 2.24) is 14.9 Å². The van der Waals surface area contributed by atoms with E-state index in [9.17, 15) is 4.79 Å². The molecule has 2 aromatic carbocycles. The lowest BCUT2D eigenvalue weighted by Crippen LogP contribution is -2.48. The quantitative estimate of drug-likeness (QED) is 0.504. The lowest BCUT2D eigenvalue weighted by Gasteiger charge is -2.37. The van der Waals surface area contributed by atoms with E-state index in [1.165, 1.54) is 5.56 Å². The summed E-state index contributed by atoms with van der Waals surface area (Å²) in [6.45, 7) is 5.77. The summed E-state index contributed by atoms with van der Waals surface area (Å²) in [7, 11) is 0. The van der Waals surface area contributed by atoms with E-state index in [4.69, 9.17) is 0 Å². The number of hydrazine groups is 1. The summed E-state index contributed by atoms with van der Waals surface area (Å²) in [6.07, 6.45) is 3.33. The molecule has 2 aliphatic heterocycles. The number of amides is 1. The zero-order chi connectivity index (χ0) is 22.5. The minimum Gasteiger partial charge on any atom is -0.354 e. The molecule has 3 heterocycles. The smallest absolute Gasteiger partial charge is 0.243 e. The molecule has 6 nitrogen and oxygen atoms in total. The van der Waals surface area contributed by atoms with Crippen molar-refractivity contribution in [3.05, 3.63) is 90.6 Å². The van der Waals surface area contributed by atoms with Crippen LogP contribution < -0.4 is 9.91 Å². The second-order valence-electron chi connectivity index (χ2n) is 8.70. The summed E-state index contributed by atoms with van der Waals surface area (Å²) >= 11 is 0. The van der Waals surface area contributed by atoms with Gasteiger partial charge in [-0.05, 0) is 36.2 Å². The maximum absolute atomic E-state index is 13.1. The number of hydrogen-bond acceptors (Lipinski definition) is 5. The second-order valence-corrected chi connectivity index (χ2v) is 8.70. The van der Waals surface area contributed by atoms with Gasteiger partial charge in [-0.15, -0.1) is 12.4 Å². The largest absolute Gasteiger partial charge is 0.354 e. The molecule has 1 unspecified atom stereocenters. The number of nitrogens with zero attached hydrogens (tertiary/aromatic N) is 5. The Kier molecular flexibility index (Phi) is 8.03. The van der Waals surface area contributed by atoms with E-state index in [-0.39, 0.29) is 24.4 Å². The molecule has 2 saturated heterocycles. The monoisotopic (exact) mass is 477 g/mol. The van der Waals surface area contributed by atoms with Gasteiger partial charge in [-0.1, -0.05) is 54.6 Å². The van der Waals surface area contributed by atoms with Crippen LogP contribution in [0.4, 0.5) is 11.5 Å². The highest BCUT2D eigenvalue weighted by atomic mass is 35.5. The molecule has 0 N–H and O–H groups in total. The molecule has 0 aliphatic carbocycles. The van der Waals surface area contributed by atoms with Crippen molar-refractivity contribution in [2.75, 3.05) is 49.2 Å². The molecule has 34 heavy (non-hydrogen) atoms. The molecule has 3 aromatic rings. The van der Waals surface area contributed by atoms with Gasteiger partial charge in [0.05, 0.1) is 18.2 Å². The number of piperazine rings is 1. The molecule has 0 spiro atoms. The highest BCUT2D eigenvalue weighted by Gasteiger charge is 2.38. The molecule has 178 valence electrons. The summed E-state index contributed by atoms with van der Waals surface area (Å²) in [5.41, 5.74) is 2.25. The average Bonchev–Trinajstić information content (AvgIpc) is 3.22. The van der Waals surface area contributed by atoms with Gasteiger partial charge in [-0.2, -0.15) is 0 Å². The molecule has 0 saturated carbocycles. The summed E-state index contributed by atoms with van der Waals surface area (Å²) in [4.78, 5) is 22.4. The van der Waals surface area contributed by atoms with Crippen LogP contribution in [0.1, 0.15) is 24.4 Å². The Morgan fingerprint density at radius 3 is 2.15 bits per heavy atom. The molecule has 1 atom stereocenters. The number of pyridine rings is 1. The Bertz CT molecular complexity index is 1030. The van der Waals surface area contributed by atoms with E-state index in [0.29, 0.717) is 6.42 Å². The van der Waals surface area contributed by atoms with Crippen LogP contribution in [0.2, 0.25) is 0 Å². The zero-order valence-corrected chi connectivity index (χ0v) is 20.2. The van der Waals surface area contributed by atoms with Gasteiger partial charge in [-0.25, -0.2) is 4.98 Å². The number of aromatic nitrogens is 1. The minimum atomic E-state index is 0. The Labute approximate surface area is 208 Å². The highest BCUT2D eigenvalue weighted by molar-refractivity contribution is 5.85. The first-order valence-corrected chi connectivity index (χ1v) is 11.9. The van der Waals surface area contributed by atoms with Crippen LogP contribution >= 0.6 is 12.4 Å². The number of halogens is 1. The van der Waals surface area contributed by atoms with E-state index < -0.39 is 0 Å².